The summed E-state index contributed by atoms with van der Waals surface area (Å²) in [7, 11) is 4.30. The van der Waals surface area contributed by atoms with Gasteiger partial charge in [0.05, 0.1) is 0 Å². The van der Waals surface area contributed by atoms with Gasteiger partial charge in [-0.25, -0.2) is 0 Å². The van der Waals surface area contributed by atoms with E-state index in [4.69, 9.17) is 5.73 Å². The first-order valence-electron chi connectivity index (χ1n) is 5.83. The van der Waals surface area contributed by atoms with Crippen LogP contribution in [0.1, 0.15) is 25.7 Å². The summed E-state index contributed by atoms with van der Waals surface area (Å²) in [6.07, 6.45) is 5.21. The van der Waals surface area contributed by atoms with Crippen LogP contribution in [0.25, 0.3) is 0 Å². The van der Waals surface area contributed by atoms with E-state index in [0.717, 1.165) is 12.1 Å². The van der Waals surface area contributed by atoms with Crippen LogP contribution in [0.15, 0.2) is 0 Å². The molecule has 2 aliphatic rings. The van der Waals surface area contributed by atoms with Crippen molar-refractivity contribution in [3.63, 3.8) is 0 Å². The molecule has 3 nitrogen and oxygen atoms in total. The molecule has 2 unspecified atom stereocenters. The third kappa shape index (κ3) is 2.10. The smallest absolute Gasteiger partial charge is 0.0115 e. The topological polar surface area (TPSA) is 32.5 Å². The van der Waals surface area contributed by atoms with Gasteiger partial charge in [0.1, 0.15) is 0 Å². The highest BCUT2D eigenvalue weighted by molar-refractivity contribution is 4.96. The lowest BCUT2D eigenvalue weighted by atomic mass is 9.98. The minimum absolute atomic E-state index is 0.475. The minimum atomic E-state index is 0.475. The van der Waals surface area contributed by atoms with E-state index in [1.807, 2.05) is 0 Å². The van der Waals surface area contributed by atoms with E-state index in [9.17, 15) is 0 Å². The fraction of sp³-hybridized carbons (Fsp3) is 1.00. The highest BCUT2D eigenvalue weighted by atomic mass is 15.2. The lowest BCUT2D eigenvalue weighted by molar-refractivity contribution is 0.118. The monoisotopic (exact) mass is 197 g/mol. The summed E-state index contributed by atoms with van der Waals surface area (Å²) in [6.45, 7) is 2.41. The maximum atomic E-state index is 6.04. The molecule has 3 heteroatoms. The second-order valence-corrected chi connectivity index (χ2v) is 5.16. The summed E-state index contributed by atoms with van der Waals surface area (Å²) >= 11 is 0. The maximum Gasteiger partial charge on any atom is 0.0115 e. The van der Waals surface area contributed by atoms with E-state index < -0.39 is 0 Å². The average molecular weight is 197 g/mol. The van der Waals surface area contributed by atoms with Gasteiger partial charge in [0.2, 0.25) is 0 Å². The van der Waals surface area contributed by atoms with Crippen molar-refractivity contribution in [2.24, 2.45) is 5.73 Å². The van der Waals surface area contributed by atoms with Crippen molar-refractivity contribution < 1.29 is 0 Å². The van der Waals surface area contributed by atoms with Crippen molar-refractivity contribution >= 4 is 0 Å². The standard InChI is InChI=1S/C11H23N3/c1-13(2)5-6-14-10-3-4-11(14)8-9(12)7-10/h9-11H,3-8,12H2,1-2H3. The molecular formula is C11H23N3. The van der Waals surface area contributed by atoms with Crippen molar-refractivity contribution in [1.29, 1.82) is 0 Å². The first-order valence-corrected chi connectivity index (χ1v) is 5.83. The van der Waals surface area contributed by atoms with Crippen LogP contribution in [0.2, 0.25) is 0 Å². The predicted molar refractivity (Wildman–Crippen MR) is 59.3 cm³/mol. The molecule has 0 aliphatic carbocycles. The van der Waals surface area contributed by atoms with Gasteiger partial charge < -0.3 is 10.6 Å². The summed E-state index contributed by atoms with van der Waals surface area (Å²) < 4.78 is 0. The molecule has 2 N–H and O–H groups in total. The Morgan fingerprint density at radius 1 is 1.21 bits per heavy atom. The van der Waals surface area contributed by atoms with Gasteiger partial charge >= 0.3 is 0 Å². The molecule has 2 aliphatic heterocycles. The molecular weight excluding hydrogens is 174 g/mol. The molecule has 2 heterocycles. The van der Waals surface area contributed by atoms with Gasteiger partial charge in [-0.3, -0.25) is 4.90 Å². The van der Waals surface area contributed by atoms with Crippen molar-refractivity contribution in [3.05, 3.63) is 0 Å². The zero-order valence-electron chi connectivity index (χ0n) is 9.45. The SMILES string of the molecule is CN(C)CCN1C2CCC1CC(N)C2. The molecule has 82 valence electrons. The zero-order valence-corrected chi connectivity index (χ0v) is 9.45. The van der Waals surface area contributed by atoms with Gasteiger partial charge in [-0.1, -0.05) is 0 Å². The Kier molecular flexibility index (Phi) is 3.10. The third-order valence-corrected chi connectivity index (χ3v) is 3.73. The van der Waals surface area contributed by atoms with Crippen LogP contribution in [0.5, 0.6) is 0 Å². The number of nitrogens with zero attached hydrogens (tertiary/aromatic N) is 2. The molecule has 2 saturated heterocycles. The molecule has 2 fully saturated rings. The summed E-state index contributed by atoms with van der Waals surface area (Å²) in [5, 5.41) is 0. The van der Waals surface area contributed by atoms with Gasteiger partial charge in [-0.2, -0.15) is 0 Å². The minimum Gasteiger partial charge on any atom is -0.328 e. The largest absolute Gasteiger partial charge is 0.328 e. The molecule has 0 radical (unpaired) electrons. The fourth-order valence-electron chi connectivity index (χ4n) is 3.00. The Balaban J connectivity index is 1.88. The van der Waals surface area contributed by atoms with Crippen LogP contribution in [0.3, 0.4) is 0 Å². The molecule has 2 rings (SSSR count). The Hall–Kier alpha value is -0.120. The quantitative estimate of drug-likeness (QED) is 0.715. The maximum absolute atomic E-state index is 6.04. The van der Waals surface area contributed by atoms with E-state index in [2.05, 4.69) is 23.9 Å². The van der Waals surface area contributed by atoms with Crippen LogP contribution in [-0.2, 0) is 0 Å². The summed E-state index contributed by atoms with van der Waals surface area (Å²) in [6, 6.07) is 2.07. The lowest BCUT2D eigenvalue weighted by Gasteiger charge is -2.38. The van der Waals surface area contributed by atoms with Crippen molar-refractivity contribution in [3.8, 4) is 0 Å². The molecule has 0 saturated carbocycles. The fourth-order valence-corrected chi connectivity index (χ4v) is 3.00. The molecule has 0 spiro atoms. The molecule has 0 amide bonds. The number of piperidine rings is 1. The molecule has 0 aromatic carbocycles. The van der Waals surface area contributed by atoms with Crippen LogP contribution in [0.4, 0.5) is 0 Å². The van der Waals surface area contributed by atoms with Crippen molar-refractivity contribution in [2.75, 3.05) is 27.2 Å². The normalized spacial score (nSPS) is 38.1. The highest BCUT2D eigenvalue weighted by Gasteiger charge is 2.38. The number of rotatable bonds is 3. The van der Waals surface area contributed by atoms with Crippen LogP contribution in [0, 0.1) is 0 Å². The Morgan fingerprint density at radius 2 is 1.79 bits per heavy atom. The van der Waals surface area contributed by atoms with Gasteiger partial charge in [0.25, 0.3) is 0 Å². The number of hydrogen-bond acceptors (Lipinski definition) is 3. The first-order chi connectivity index (χ1) is 6.66. The van der Waals surface area contributed by atoms with Crippen molar-refractivity contribution in [2.45, 2.75) is 43.8 Å². The van der Waals surface area contributed by atoms with E-state index in [0.29, 0.717) is 6.04 Å². The molecule has 14 heavy (non-hydrogen) atoms. The Labute approximate surface area is 87.2 Å². The average Bonchev–Trinajstić information content (AvgIpc) is 2.34. The summed E-state index contributed by atoms with van der Waals surface area (Å²) in [4.78, 5) is 4.97. The summed E-state index contributed by atoms with van der Waals surface area (Å²) in [5.41, 5.74) is 6.04. The number of nitrogens with two attached hydrogens (primary N) is 1. The van der Waals surface area contributed by atoms with E-state index in [1.54, 1.807) is 0 Å². The van der Waals surface area contributed by atoms with Crippen LogP contribution < -0.4 is 5.73 Å². The molecule has 2 bridgehead atoms. The van der Waals surface area contributed by atoms with Gasteiger partial charge in [0, 0.05) is 31.2 Å². The predicted octanol–water partition coefficient (Wildman–Crippen LogP) is 0.502. The third-order valence-electron chi connectivity index (χ3n) is 3.73. The van der Waals surface area contributed by atoms with Gasteiger partial charge in [0.15, 0.2) is 0 Å². The second-order valence-electron chi connectivity index (χ2n) is 5.16. The van der Waals surface area contributed by atoms with Gasteiger partial charge in [-0.05, 0) is 39.8 Å². The first kappa shape index (κ1) is 10.4. The van der Waals surface area contributed by atoms with E-state index in [1.165, 1.54) is 38.8 Å². The zero-order chi connectivity index (χ0) is 10.1. The number of fused-ring (bicyclic) bond motifs is 2. The lowest BCUT2D eigenvalue weighted by Crippen LogP contribution is -2.49. The summed E-state index contributed by atoms with van der Waals surface area (Å²) in [5.74, 6) is 0. The number of likely N-dealkylation sites (N-methyl/N-ethyl adjacent to an activating group) is 1. The number of hydrogen-bond donors (Lipinski definition) is 1. The van der Waals surface area contributed by atoms with E-state index >= 15 is 0 Å². The molecule has 0 aromatic rings. The highest BCUT2D eigenvalue weighted by Crippen LogP contribution is 2.34. The Morgan fingerprint density at radius 3 is 2.29 bits per heavy atom. The molecule has 0 aromatic heterocycles. The van der Waals surface area contributed by atoms with Crippen LogP contribution >= 0.6 is 0 Å². The molecule has 2 atom stereocenters. The van der Waals surface area contributed by atoms with Crippen molar-refractivity contribution in [1.82, 2.24) is 9.80 Å². The van der Waals surface area contributed by atoms with E-state index in [-0.39, 0.29) is 0 Å². The van der Waals surface area contributed by atoms with Crippen LogP contribution in [-0.4, -0.2) is 55.1 Å². The Bertz CT molecular complexity index is 179. The second kappa shape index (κ2) is 4.17. The van der Waals surface area contributed by atoms with Gasteiger partial charge in [-0.15, -0.1) is 0 Å².